The number of carbonyl (C=O) groups excluding carboxylic acids is 1. The van der Waals surface area contributed by atoms with Crippen molar-refractivity contribution in [2.75, 3.05) is 39.3 Å². The molecule has 1 N–H and O–H groups in total. The zero-order chi connectivity index (χ0) is 11.8. The Bertz CT molecular complexity index is 289. The normalized spacial score (nSPS) is 35.2. The number of likely N-dealkylation sites (tertiary alicyclic amines) is 2. The van der Waals surface area contributed by atoms with Crippen LogP contribution < -0.4 is 5.32 Å². The Morgan fingerprint density at radius 1 is 1.18 bits per heavy atom. The lowest BCUT2D eigenvalue weighted by atomic mass is 10.0. The molecule has 0 aromatic heterocycles. The second-order valence-electron chi connectivity index (χ2n) is 5.84. The van der Waals surface area contributed by atoms with Crippen molar-refractivity contribution >= 4 is 5.91 Å². The van der Waals surface area contributed by atoms with Gasteiger partial charge in [-0.15, -0.1) is 0 Å². The molecule has 0 bridgehead atoms. The molecule has 17 heavy (non-hydrogen) atoms. The molecule has 0 radical (unpaired) electrons. The van der Waals surface area contributed by atoms with Crippen LogP contribution in [0.15, 0.2) is 0 Å². The van der Waals surface area contributed by atoms with Gasteiger partial charge in [0.2, 0.25) is 5.91 Å². The number of rotatable bonds is 2. The minimum atomic E-state index is 0.0960. The summed E-state index contributed by atoms with van der Waals surface area (Å²) in [7, 11) is 0. The molecule has 3 saturated heterocycles. The average Bonchev–Trinajstić information content (AvgIpc) is 3.01. The van der Waals surface area contributed by atoms with Gasteiger partial charge in [-0.1, -0.05) is 0 Å². The predicted molar refractivity (Wildman–Crippen MR) is 66.7 cm³/mol. The Morgan fingerprint density at radius 2 is 1.76 bits per heavy atom. The van der Waals surface area contributed by atoms with E-state index in [0.29, 0.717) is 5.91 Å². The second kappa shape index (κ2) is 4.58. The predicted octanol–water partition coefficient (Wildman–Crippen LogP) is 0.149. The van der Waals surface area contributed by atoms with Gasteiger partial charge in [-0.2, -0.15) is 0 Å². The average molecular weight is 237 g/mol. The largest absolute Gasteiger partial charge is 0.341 e. The monoisotopic (exact) mass is 237 g/mol. The number of nitrogens with one attached hydrogen (secondary N) is 1. The third-order valence-corrected chi connectivity index (χ3v) is 4.74. The van der Waals surface area contributed by atoms with E-state index in [1.165, 1.54) is 12.8 Å². The molecule has 3 rings (SSSR count). The molecule has 3 atom stereocenters. The van der Waals surface area contributed by atoms with Gasteiger partial charge in [0.1, 0.15) is 0 Å². The highest BCUT2D eigenvalue weighted by atomic mass is 16.2. The summed E-state index contributed by atoms with van der Waals surface area (Å²) in [6, 6.07) is 0.0960. The summed E-state index contributed by atoms with van der Waals surface area (Å²) in [5.41, 5.74) is 0. The molecule has 3 heterocycles. The highest BCUT2D eigenvalue weighted by Gasteiger charge is 2.40. The van der Waals surface area contributed by atoms with E-state index in [1.54, 1.807) is 0 Å². The summed E-state index contributed by atoms with van der Waals surface area (Å²) in [6.45, 7) is 8.56. The van der Waals surface area contributed by atoms with Crippen molar-refractivity contribution in [1.29, 1.82) is 0 Å². The van der Waals surface area contributed by atoms with Gasteiger partial charge in [-0.05, 0) is 44.7 Å². The first-order chi connectivity index (χ1) is 8.25. The van der Waals surface area contributed by atoms with Crippen molar-refractivity contribution < 1.29 is 4.79 Å². The van der Waals surface area contributed by atoms with Crippen molar-refractivity contribution in [1.82, 2.24) is 15.1 Å². The van der Waals surface area contributed by atoms with E-state index in [0.717, 1.165) is 51.1 Å². The molecule has 4 heteroatoms. The molecule has 3 aliphatic heterocycles. The van der Waals surface area contributed by atoms with E-state index >= 15 is 0 Å². The minimum Gasteiger partial charge on any atom is -0.341 e. The number of amides is 1. The molecule has 1 unspecified atom stereocenters. The Balaban J connectivity index is 1.59. The maximum Gasteiger partial charge on any atom is 0.239 e. The van der Waals surface area contributed by atoms with Crippen LogP contribution in [0.25, 0.3) is 0 Å². The Kier molecular flexibility index (Phi) is 3.09. The van der Waals surface area contributed by atoms with Crippen LogP contribution in [-0.2, 0) is 4.79 Å². The maximum absolute atomic E-state index is 12.3. The fraction of sp³-hybridized carbons (Fsp3) is 0.923. The van der Waals surface area contributed by atoms with Crippen LogP contribution in [-0.4, -0.2) is 61.0 Å². The van der Waals surface area contributed by atoms with E-state index in [2.05, 4.69) is 22.0 Å². The number of nitrogens with zero attached hydrogens (tertiary/aromatic N) is 2. The third-order valence-electron chi connectivity index (χ3n) is 4.74. The van der Waals surface area contributed by atoms with E-state index in [1.807, 2.05) is 0 Å². The lowest BCUT2D eigenvalue weighted by molar-refractivity contribution is -0.135. The summed E-state index contributed by atoms with van der Waals surface area (Å²) >= 11 is 0. The van der Waals surface area contributed by atoms with Crippen molar-refractivity contribution in [3.63, 3.8) is 0 Å². The van der Waals surface area contributed by atoms with Crippen molar-refractivity contribution in [3.05, 3.63) is 0 Å². The fourth-order valence-electron chi connectivity index (χ4n) is 3.57. The molecule has 1 amide bonds. The molecule has 96 valence electrons. The smallest absolute Gasteiger partial charge is 0.239 e. The standard InChI is InChI=1S/C13H23N3O/c1-10(13(17)15-4-2-3-5-15)16-8-11-6-14-7-12(11)9-16/h10-12,14H,2-9H2,1H3/t10?,11-,12+. The molecule has 0 aliphatic carbocycles. The van der Waals surface area contributed by atoms with Crippen LogP contribution in [0, 0.1) is 11.8 Å². The van der Waals surface area contributed by atoms with Gasteiger partial charge in [-0.3, -0.25) is 9.69 Å². The van der Waals surface area contributed by atoms with Crippen molar-refractivity contribution in [3.8, 4) is 0 Å². The zero-order valence-corrected chi connectivity index (χ0v) is 10.7. The van der Waals surface area contributed by atoms with Crippen molar-refractivity contribution in [2.24, 2.45) is 11.8 Å². The van der Waals surface area contributed by atoms with Gasteiger partial charge in [0.15, 0.2) is 0 Å². The Hall–Kier alpha value is -0.610. The number of fused-ring (bicyclic) bond motifs is 1. The van der Waals surface area contributed by atoms with Crippen LogP contribution in [0.2, 0.25) is 0 Å². The van der Waals surface area contributed by atoms with Crippen LogP contribution in [0.3, 0.4) is 0 Å². The highest BCUT2D eigenvalue weighted by Crippen LogP contribution is 2.28. The first-order valence-corrected chi connectivity index (χ1v) is 6.99. The number of carbonyl (C=O) groups is 1. The Morgan fingerprint density at radius 3 is 2.35 bits per heavy atom. The molecule has 3 aliphatic rings. The SMILES string of the molecule is CC(C(=O)N1CCCC1)N1C[C@H]2CNC[C@H]2C1. The van der Waals surface area contributed by atoms with E-state index in [4.69, 9.17) is 0 Å². The third kappa shape index (κ3) is 2.08. The lowest BCUT2D eigenvalue weighted by Gasteiger charge is -2.28. The fourth-order valence-corrected chi connectivity index (χ4v) is 3.57. The van der Waals surface area contributed by atoms with Crippen molar-refractivity contribution in [2.45, 2.75) is 25.8 Å². The van der Waals surface area contributed by atoms with Gasteiger partial charge in [0.05, 0.1) is 6.04 Å². The Labute approximate surface area is 103 Å². The summed E-state index contributed by atoms with van der Waals surface area (Å²) in [6.07, 6.45) is 2.38. The zero-order valence-electron chi connectivity index (χ0n) is 10.7. The minimum absolute atomic E-state index is 0.0960. The topological polar surface area (TPSA) is 35.6 Å². The molecular formula is C13H23N3O. The van der Waals surface area contributed by atoms with Gasteiger partial charge >= 0.3 is 0 Å². The molecule has 0 spiro atoms. The number of hydrogen-bond acceptors (Lipinski definition) is 3. The molecular weight excluding hydrogens is 214 g/mol. The molecule has 0 saturated carbocycles. The van der Waals surface area contributed by atoms with Gasteiger partial charge < -0.3 is 10.2 Å². The molecule has 0 aromatic carbocycles. The summed E-state index contributed by atoms with van der Waals surface area (Å²) in [4.78, 5) is 16.8. The highest BCUT2D eigenvalue weighted by molar-refractivity contribution is 5.81. The summed E-state index contributed by atoms with van der Waals surface area (Å²) in [5, 5.41) is 3.45. The van der Waals surface area contributed by atoms with E-state index in [9.17, 15) is 4.79 Å². The molecule has 4 nitrogen and oxygen atoms in total. The van der Waals surface area contributed by atoms with Crippen LogP contribution in [0.4, 0.5) is 0 Å². The van der Waals surface area contributed by atoms with Crippen LogP contribution >= 0.6 is 0 Å². The van der Waals surface area contributed by atoms with E-state index in [-0.39, 0.29) is 6.04 Å². The van der Waals surface area contributed by atoms with Gasteiger partial charge in [0.25, 0.3) is 0 Å². The first kappa shape index (κ1) is 11.5. The summed E-state index contributed by atoms with van der Waals surface area (Å²) in [5.74, 6) is 1.92. The first-order valence-electron chi connectivity index (χ1n) is 6.99. The van der Waals surface area contributed by atoms with E-state index < -0.39 is 0 Å². The van der Waals surface area contributed by atoms with Gasteiger partial charge in [-0.25, -0.2) is 0 Å². The molecule has 3 fully saturated rings. The second-order valence-corrected chi connectivity index (χ2v) is 5.84. The lowest BCUT2D eigenvalue weighted by Crippen LogP contribution is -2.46. The van der Waals surface area contributed by atoms with Crippen LogP contribution in [0.5, 0.6) is 0 Å². The molecule has 0 aromatic rings. The van der Waals surface area contributed by atoms with Crippen LogP contribution in [0.1, 0.15) is 19.8 Å². The number of hydrogen-bond donors (Lipinski definition) is 1. The van der Waals surface area contributed by atoms with Gasteiger partial charge in [0, 0.05) is 26.2 Å². The quantitative estimate of drug-likeness (QED) is 0.742. The summed E-state index contributed by atoms with van der Waals surface area (Å²) < 4.78 is 0. The maximum atomic E-state index is 12.3.